The highest BCUT2D eigenvalue weighted by Gasteiger charge is 2.18. The summed E-state index contributed by atoms with van der Waals surface area (Å²) in [6, 6.07) is 14.3. The lowest BCUT2D eigenvalue weighted by molar-refractivity contribution is -0.118. The fourth-order valence-electron chi connectivity index (χ4n) is 2.72. The van der Waals surface area contributed by atoms with Crippen LogP contribution in [0.1, 0.15) is 18.1 Å². The van der Waals surface area contributed by atoms with E-state index in [1.54, 1.807) is 36.5 Å². The molecule has 0 saturated heterocycles. The van der Waals surface area contributed by atoms with Gasteiger partial charge in [-0.2, -0.15) is 0 Å². The number of amides is 1. The molecular formula is C19H20N2O3S. The van der Waals surface area contributed by atoms with E-state index >= 15 is 0 Å². The Morgan fingerprint density at radius 2 is 1.80 bits per heavy atom. The van der Waals surface area contributed by atoms with Gasteiger partial charge in [-0.15, -0.1) is 0 Å². The SMILES string of the molecule is CC(=O)NCCc1ccc2ccn(S(=O)(=O)c3ccc(C)cc3)c2c1. The van der Waals surface area contributed by atoms with Crippen molar-refractivity contribution in [1.29, 1.82) is 0 Å². The Morgan fingerprint density at radius 1 is 1.08 bits per heavy atom. The second-order valence-electron chi connectivity index (χ2n) is 6.06. The van der Waals surface area contributed by atoms with E-state index < -0.39 is 10.0 Å². The minimum absolute atomic E-state index is 0.0774. The maximum atomic E-state index is 12.9. The van der Waals surface area contributed by atoms with Crippen molar-refractivity contribution in [2.45, 2.75) is 25.2 Å². The van der Waals surface area contributed by atoms with Crippen LogP contribution in [0.15, 0.2) is 59.6 Å². The number of nitrogens with zero attached hydrogens (tertiary/aromatic N) is 1. The quantitative estimate of drug-likeness (QED) is 0.764. The maximum Gasteiger partial charge on any atom is 0.268 e. The second-order valence-corrected chi connectivity index (χ2v) is 7.87. The first-order chi connectivity index (χ1) is 11.9. The van der Waals surface area contributed by atoms with Crippen LogP contribution in [0, 0.1) is 6.92 Å². The number of carbonyl (C=O) groups excluding carboxylic acids is 1. The first kappa shape index (κ1) is 17.2. The largest absolute Gasteiger partial charge is 0.356 e. The van der Waals surface area contributed by atoms with E-state index in [4.69, 9.17) is 0 Å². The van der Waals surface area contributed by atoms with Crippen molar-refractivity contribution < 1.29 is 13.2 Å². The predicted octanol–water partition coefficient (Wildman–Crippen LogP) is 2.87. The van der Waals surface area contributed by atoms with E-state index in [1.165, 1.54) is 10.9 Å². The van der Waals surface area contributed by atoms with Crippen LogP contribution >= 0.6 is 0 Å². The van der Waals surface area contributed by atoms with Crippen molar-refractivity contribution in [1.82, 2.24) is 9.29 Å². The molecule has 0 saturated carbocycles. The number of benzene rings is 2. The average Bonchev–Trinajstić information content (AvgIpc) is 2.99. The molecule has 5 nitrogen and oxygen atoms in total. The van der Waals surface area contributed by atoms with Crippen LogP contribution in [-0.2, 0) is 21.2 Å². The highest BCUT2D eigenvalue weighted by atomic mass is 32.2. The Hall–Kier alpha value is -2.60. The van der Waals surface area contributed by atoms with Gasteiger partial charge in [0.25, 0.3) is 10.0 Å². The van der Waals surface area contributed by atoms with Crippen LogP contribution in [0.4, 0.5) is 0 Å². The normalized spacial score (nSPS) is 11.6. The lowest BCUT2D eigenvalue weighted by Gasteiger charge is -2.09. The van der Waals surface area contributed by atoms with E-state index in [1.807, 2.05) is 25.1 Å². The molecule has 3 rings (SSSR count). The van der Waals surface area contributed by atoms with Gasteiger partial charge in [-0.3, -0.25) is 4.79 Å². The monoisotopic (exact) mass is 356 g/mol. The summed E-state index contributed by atoms with van der Waals surface area (Å²) >= 11 is 0. The lowest BCUT2D eigenvalue weighted by Crippen LogP contribution is -2.22. The summed E-state index contributed by atoms with van der Waals surface area (Å²) in [6.45, 7) is 3.91. The molecule has 0 fully saturated rings. The number of hydrogen-bond acceptors (Lipinski definition) is 3. The van der Waals surface area contributed by atoms with Crippen molar-refractivity contribution in [3.05, 3.63) is 65.9 Å². The van der Waals surface area contributed by atoms with Gasteiger partial charge in [0.2, 0.25) is 5.91 Å². The molecule has 2 aromatic carbocycles. The van der Waals surface area contributed by atoms with Crippen molar-refractivity contribution in [3.8, 4) is 0 Å². The van der Waals surface area contributed by atoms with Crippen molar-refractivity contribution in [2.75, 3.05) is 6.54 Å². The second kappa shape index (κ2) is 6.72. The van der Waals surface area contributed by atoms with Gasteiger partial charge < -0.3 is 5.32 Å². The summed E-state index contributed by atoms with van der Waals surface area (Å²) in [5, 5.41) is 3.61. The first-order valence-electron chi connectivity index (χ1n) is 8.04. The van der Waals surface area contributed by atoms with Gasteiger partial charge >= 0.3 is 0 Å². The minimum atomic E-state index is -3.64. The summed E-state index contributed by atoms with van der Waals surface area (Å²) < 4.78 is 27.2. The Labute approximate surface area is 147 Å². The summed E-state index contributed by atoms with van der Waals surface area (Å²) in [7, 11) is -3.64. The number of rotatable bonds is 5. The third kappa shape index (κ3) is 3.58. The molecule has 3 aromatic rings. The fraction of sp³-hybridized carbons (Fsp3) is 0.211. The molecule has 130 valence electrons. The number of hydrogen-bond donors (Lipinski definition) is 1. The van der Waals surface area contributed by atoms with Crippen LogP contribution in [0.25, 0.3) is 10.9 Å². The van der Waals surface area contributed by atoms with Gasteiger partial charge in [0.05, 0.1) is 10.4 Å². The van der Waals surface area contributed by atoms with E-state index in [9.17, 15) is 13.2 Å². The van der Waals surface area contributed by atoms with Gasteiger partial charge in [-0.1, -0.05) is 29.8 Å². The highest BCUT2D eigenvalue weighted by molar-refractivity contribution is 7.90. The third-order valence-electron chi connectivity index (χ3n) is 4.09. The molecule has 0 unspecified atom stereocenters. The number of aromatic nitrogens is 1. The molecule has 1 N–H and O–H groups in total. The minimum Gasteiger partial charge on any atom is -0.356 e. The molecule has 0 aliphatic rings. The standard InChI is InChI=1S/C19H20N2O3S/c1-14-3-7-18(8-4-14)25(23,24)21-12-10-17-6-5-16(13-19(17)21)9-11-20-15(2)22/h3-8,10,12-13H,9,11H2,1-2H3,(H,20,22). The smallest absolute Gasteiger partial charge is 0.268 e. The molecule has 0 spiro atoms. The molecule has 0 radical (unpaired) electrons. The molecule has 1 heterocycles. The Kier molecular flexibility index (Phi) is 4.63. The van der Waals surface area contributed by atoms with Gasteiger partial charge in [-0.05, 0) is 43.2 Å². The summed E-state index contributed by atoms with van der Waals surface area (Å²) in [6.07, 6.45) is 2.22. The zero-order valence-corrected chi connectivity index (χ0v) is 15.0. The van der Waals surface area contributed by atoms with E-state index in [-0.39, 0.29) is 10.8 Å². The fourth-order valence-corrected chi connectivity index (χ4v) is 4.07. The van der Waals surface area contributed by atoms with Gasteiger partial charge in [0, 0.05) is 25.1 Å². The number of carbonyl (C=O) groups is 1. The third-order valence-corrected chi connectivity index (χ3v) is 5.79. The molecule has 6 heteroatoms. The molecule has 0 bridgehead atoms. The molecule has 25 heavy (non-hydrogen) atoms. The number of aryl methyl sites for hydroxylation is 1. The molecule has 1 aromatic heterocycles. The van der Waals surface area contributed by atoms with Crippen LogP contribution in [0.3, 0.4) is 0 Å². The summed E-state index contributed by atoms with van der Waals surface area (Å²) in [5.41, 5.74) is 2.62. The highest BCUT2D eigenvalue weighted by Crippen LogP contribution is 2.23. The molecule has 0 atom stereocenters. The van der Waals surface area contributed by atoms with Crippen LogP contribution in [0.5, 0.6) is 0 Å². The molecular weight excluding hydrogens is 336 g/mol. The van der Waals surface area contributed by atoms with Gasteiger partial charge in [0.15, 0.2) is 0 Å². The van der Waals surface area contributed by atoms with Gasteiger partial charge in [-0.25, -0.2) is 12.4 Å². The summed E-state index contributed by atoms with van der Waals surface area (Å²) in [5.74, 6) is -0.0774. The first-order valence-corrected chi connectivity index (χ1v) is 9.48. The Balaban J connectivity index is 1.98. The Morgan fingerprint density at radius 3 is 2.48 bits per heavy atom. The van der Waals surface area contributed by atoms with Gasteiger partial charge in [0.1, 0.15) is 0 Å². The van der Waals surface area contributed by atoms with Crippen LogP contribution < -0.4 is 5.32 Å². The number of fused-ring (bicyclic) bond motifs is 1. The molecule has 0 aliphatic heterocycles. The van der Waals surface area contributed by atoms with Crippen LogP contribution in [0.2, 0.25) is 0 Å². The van der Waals surface area contributed by atoms with Crippen LogP contribution in [-0.4, -0.2) is 24.8 Å². The number of nitrogens with one attached hydrogen (secondary N) is 1. The zero-order valence-electron chi connectivity index (χ0n) is 14.2. The molecule has 1 amide bonds. The van der Waals surface area contributed by atoms with Crippen molar-refractivity contribution in [3.63, 3.8) is 0 Å². The van der Waals surface area contributed by atoms with Crippen molar-refractivity contribution in [2.24, 2.45) is 0 Å². The zero-order chi connectivity index (χ0) is 18.0. The van der Waals surface area contributed by atoms with E-state index in [2.05, 4.69) is 5.32 Å². The van der Waals surface area contributed by atoms with E-state index in [0.717, 1.165) is 16.5 Å². The predicted molar refractivity (Wildman–Crippen MR) is 98.1 cm³/mol. The van der Waals surface area contributed by atoms with Crippen molar-refractivity contribution >= 4 is 26.8 Å². The average molecular weight is 356 g/mol. The lowest BCUT2D eigenvalue weighted by atomic mass is 10.1. The van der Waals surface area contributed by atoms with E-state index in [0.29, 0.717) is 18.5 Å². The molecule has 0 aliphatic carbocycles. The maximum absolute atomic E-state index is 12.9. The topological polar surface area (TPSA) is 68.2 Å². The Bertz CT molecular complexity index is 1020. The summed E-state index contributed by atoms with van der Waals surface area (Å²) in [4.78, 5) is 11.2.